The molecule has 1 aliphatic heterocycles. The molecule has 0 aromatic carbocycles. The van der Waals surface area contributed by atoms with Gasteiger partial charge in [-0.1, -0.05) is 27.7 Å². The molecule has 0 bridgehead atoms. The molecule has 2 aliphatic rings. The van der Waals surface area contributed by atoms with Gasteiger partial charge in [-0.15, -0.1) is 0 Å². The third-order valence-electron chi connectivity index (χ3n) is 4.63. The molecule has 1 saturated carbocycles. The maximum Gasteiger partial charge on any atom is 0.00185 e. The minimum Gasteiger partial charge on any atom is -0.316 e. The normalized spacial score (nSPS) is 35.0. The molecule has 0 atom stereocenters. The highest BCUT2D eigenvalue weighted by atomic mass is 15.0. The van der Waals surface area contributed by atoms with E-state index >= 15 is 0 Å². The minimum atomic E-state index is 0.569. The van der Waals surface area contributed by atoms with Crippen molar-refractivity contribution in [1.82, 2.24) is 5.32 Å². The summed E-state index contributed by atoms with van der Waals surface area (Å²) in [6, 6.07) is 0. The van der Waals surface area contributed by atoms with Crippen molar-refractivity contribution < 1.29 is 0 Å². The monoisotopic (exact) mass is 167 g/mol. The van der Waals surface area contributed by atoms with E-state index in [2.05, 4.69) is 33.0 Å². The van der Waals surface area contributed by atoms with Gasteiger partial charge in [-0.2, -0.15) is 0 Å². The summed E-state index contributed by atoms with van der Waals surface area (Å²) >= 11 is 0. The number of rotatable bonds is 0. The fourth-order valence-electron chi connectivity index (χ4n) is 4.10. The molecule has 1 nitrogen and oxygen atoms in total. The first-order chi connectivity index (χ1) is 5.41. The summed E-state index contributed by atoms with van der Waals surface area (Å²) in [5, 5.41) is 3.53. The lowest BCUT2D eigenvalue weighted by Crippen LogP contribution is -2.61. The summed E-state index contributed by atoms with van der Waals surface area (Å²) in [5.41, 5.74) is 1.74. The highest BCUT2D eigenvalue weighted by Gasteiger charge is 2.65. The molecule has 0 amide bonds. The van der Waals surface area contributed by atoms with Crippen molar-refractivity contribution in [3.05, 3.63) is 0 Å². The van der Waals surface area contributed by atoms with Crippen molar-refractivity contribution in [3.8, 4) is 0 Å². The molecule has 1 aliphatic carbocycles. The largest absolute Gasteiger partial charge is 0.316 e. The van der Waals surface area contributed by atoms with Crippen molar-refractivity contribution in [2.45, 2.75) is 40.5 Å². The topological polar surface area (TPSA) is 12.0 Å². The van der Waals surface area contributed by atoms with Gasteiger partial charge in [0.05, 0.1) is 0 Å². The van der Waals surface area contributed by atoms with E-state index in [0.717, 1.165) is 0 Å². The van der Waals surface area contributed by atoms with Crippen molar-refractivity contribution in [1.29, 1.82) is 0 Å². The van der Waals surface area contributed by atoms with Gasteiger partial charge < -0.3 is 5.32 Å². The Bertz CT molecular complexity index is 181. The second kappa shape index (κ2) is 2.06. The van der Waals surface area contributed by atoms with E-state index in [1.807, 2.05) is 0 Å². The maximum atomic E-state index is 3.53. The van der Waals surface area contributed by atoms with E-state index in [4.69, 9.17) is 0 Å². The highest BCUT2D eigenvalue weighted by molar-refractivity contribution is 5.15. The Balaban J connectivity index is 2.30. The van der Waals surface area contributed by atoms with E-state index in [1.54, 1.807) is 0 Å². The van der Waals surface area contributed by atoms with Gasteiger partial charge in [0.2, 0.25) is 0 Å². The number of nitrogens with one attached hydrogen (secondary N) is 1. The molecule has 0 aromatic rings. The Morgan fingerprint density at radius 2 is 1.58 bits per heavy atom. The van der Waals surface area contributed by atoms with Gasteiger partial charge >= 0.3 is 0 Å². The second-order valence-corrected chi connectivity index (χ2v) is 5.95. The fourth-order valence-corrected chi connectivity index (χ4v) is 4.10. The minimum absolute atomic E-state index is 0.569. The molecular formula is C11H21N. The molecule has 70 valence electrons. The van der Waals surface area contributed by atoms with Gasteiger partial charge in [-0.3, -0.25) is 0 Å². The Kier molecular flexibility index (Phi) is 1.47. The molecule has 1 spiro atoms. The van der Waals surface area contributed by atoms with Gasteiger partial charge in [-0.05, 0) is 35.6 Å². The molecule has 1 saturated heterocycles. The van der Waals surface area contributed by atoms with Gasteiger partial charge in [0.15, 0.2) is 0 Å². The molecule has 12 heavy (non-hydrogen) atoms. The first kappa shape index (κ1) is 8.55. The van der Waals surface area contributed by atoms with Crippen LogP contribution >= 0.6 is 0 Å². The van der Waals surface area contributed by atoms with Crippen LogP contribution in [0.15, 0.2) is 0 Å². The first-order valence-electron chi connectivity index (χ1n) is 5.12. The van der Waals surface area contributed by atoms with Gasteiger partial charge in [0, 0.05) is 6.54 Å². The van der Waals surface area contributed by atoms with Crippen molar-refractivity contribution in [2.75, 3.05) is 13.1 Å². The van der Waals surface area contributed by atoms with Crippen LogP contribution in [-0.2, 0) is 0 Å². The predicted octanol–water partition coefficient (Wildman–Crippen LogP) is 2.42. The zero-order valence-electron chi connectivity index (χ0n) is 8.83. The van der Waals surface area contributed by atoms with Crippen LogP contribution in [0.25, 0.3) is 0 Å². The van der Waals surface area contributed by atoms with Gasteiger partial charge in [-0.25, -0.2) is 0 Å². The number of hydrogen-bond acceptors (Lipinski definition) is 1. The average Bonchev–Trinajstić information content (AvgIpc) is 2.31. The zero-order chi connectivity index (χ0) is 9.04. The predicted molar refractivity (Wildman–Crippen MR) is 52.1 cm³/mol. The fraction of sp³-hybridized carbons (Fsp3) is 1.00. The number of hydrogen-bond donors (Lipinski definition) is 1. The molecule has 0 radical (unpaired) electrons. The SMILES string of the molecule is CC1(C)CC(C)(C)C12CCNC2. The molecule has 1 N–H and O–H groups in total. The van der Waals surface area contributed by atoms with Gasteiger partial charge in [0.1, 0.15) is 0 Å². The third kappa shape index (κ3) is 0.736. The Labute approximate surface area is 75.9 Å². The van der Waals surface area contributed by atoms with Crippen LogP contribution in [0.1, 0.15) is 40.5 Å². The van der Waals surface area contributed by atoms with E-state index in [-0.39, 0.29) is 0 Å². The summed E-state index contributed by atoms with van der Waals surface area (Å²) < 4.78 is 0. The van der Waals surface area contributed by atoms with E-state index in [0.29, 0.717) is 16.2 Å². The molecule has 2 fully saturated rings. The Hall–Kier alpha value is -0.0400. The van der Waals surface area contributed by atoms with Crippen LogP contribution in [0, 0.1) is 16.2 Å². The smallest absolute Gasteiger partial charge is 0.00185 e. The summed E-state index contributed by atoms with van der Waals surface area (Å²) in [7, 11) is 0. The van der Waals surface area contributed by atoms with Crippen molar-refractivity contribution in [3.63, 3.8) is 0 Å². The first-order valence-corrected chi connectivity index (χ1v) is 5.12. The van der Waals surface area contributed by atoms with Crippen LogP contribution in [0.4, 0.5) is 0 Å². The van der Waals surface area contributed by atoms with Crippen molar-refractivity contribution in [2.24, 2.45) is 16.2 Å². The maximum absolute atomic E-state index is 3.53. The molecular weight excluding hydrogens is 146 g/mol. The molecule has 2 rings (SSSR count). The lowest BCUT2D eigenvalue weighted by Gasteiger charge is -2.66. The molecule has 1 heterocycles. The van der Waals surface area contributed by atoms with E-state index < -0.39 is 0 Å². The summed E-state index contributed by atoms with van der Waals surface area (Å²) in [6.45, 7) is 12.2. The molecule has 1 heteroatoms. The van der Waals surface area contributed by atoms with Crippen LogP contribution in [0.5, 0.6) is 0 Å². The van der Waals surface area contributed by atoms with E-state index in [9.17, 15) is 0 Å². The summed E-state index contributed by atoms with van der Waals surface area (Å²) in [5.74, 6) is 0. The highest BCUT2D eigenvalue weighted by Crippen LogP contribution is 2.69. The van der Waals surface area contributed by atoms with Crippen molar-refractivity contribution >= 4 is 0 Å². The summed E-state index contributed by atoms with van der Waals surface area (Å²) in [6.07, 6.45) is 2.77. The van der Waals surface area contributed by atoms with E-state index in [1.165, 1.54) is 25.9 Å². The Morgan fingerprint density at radius 3 is 1.83 bits per heavy atom. The Morgan fingerprint density at radius 1 is 1.00 bits per heavy atom. The summed E-state index contributed by atoms with van der Waals surface area (Å²) in [4.78, 5) is 0. The zero-order valence-corrected chi connectivity index (χ0v) is 8.83. The lowest BCUT2D eigenvalue weighted by molar-refractivity contribution is -0.168. The molecule has 0 unspecified atom stereocenters. The van der Waals surface area contributed by atoms with Crippen LogP contribution in [0.2, 0.25) is 0 Å². The quantitative estimate of drug-likeness (QED) is 0.584. The van der Waals surface area contributed by atoms with Crippen LogP contribution < -0.4 is 5.32 Å². The average molecular weight is 167 g/mol. The molecule has 0 aromatic heterocycles. The van der Waals surface area contributed by atoms with Crippen LogP contribution in [-0.4, -0.2) is 13.1 Å². The van der Waals surface area contributed by atoms with Crippen LogP contribution in [0.3, 0.4) is 0 Å². The van der Waals surface area contributed by atoms with Gasteiger partial charge in [0.25, 0.3) is 0 Å². The lowest BCUT2D eigenvalue weighted by atomic mass is 9.38. The third-order valence-corrected chi connectivity index (χ3v) is 4.63. The second-order valence-electron chi connectivity index (χ2n) is 5.95. The standard InChI is InChI=1S/C11H21N/c1-9(2)7-10(3,4)11(9)5-6-12-8-11/h12H,5-8H2,1-4H3.